The molecule has 1 heterocycles. The smallest absolute Gasteiger partial charge is 0.233 e. The van der Waals surface area contributed by atoms with E-state index in [1.165, 1.54) is 22.5 Å². The average molecular weight is 308 g/mol. The number of rotatable bonds is 2. The molecule has 4 rings (SSSR count). The third-order valence-corrected chi connectivity index (χ3v) is 5.16. The number of hydrogen-bond acceptors (Lipinski definition) is 3. The summed E-state index contributed by atoms with van der Waals surface area (Å²) < 4.78 is 1.10. The Kier molecular flexibility index (Phi) is 3.39. The normalized spacial score (nSPS) is 17.2. The van der Waals surface area contributed by atoms with Crippen LogP contribution in [-0.4, -0.2) is 10.9 Å². The van der Waals surface area contributed by atoms with Gasteiger partial charge in [0, 0.05) is 0 Å². The van der Waals surface area contributed by atoms with Gasteiger partial charge in [0.25, 0.3) is 0 Å². The second-order valence-corrected chi connectivity index (χ2v) is 6.65. The van der Waals surface area contributed by atoms with Crippen LogP contribution >= 0.6 is 11.3 Å². The van der Waals surface area contributed by atoms with Gasteiger partial charge in [0.15, 0.2) is 5.13 Å². The SMILES string of the molecule is O=C(Nc1nc2ccccc2s1)[C@H]1CCCc2ccccc21. The fourth-order valence-electron chi connectivity index (χ4n) is 3.14. The summed E-state index contributed by atoms with van der Waals surface area (Å²) in [6.45, 7) is 0. The quantitative estimate of drug-likeness (QED) is 0.764. The minimum atomic E-state index is -0.0584. The Morgan fingerprint density at radius 2 is 1.95 bits per heavy atom. The monoisotopic (exact) mass is 308 g/mol. The predicted octanol–water partition coefficient (Wildman–Crippen LogP) is 4.35. The van der Waals surface area contributed by atoms with Crippen LogP contribution < -0.4 is 5.32 Å². The van der Waals surface area contributed by atoms with E-state index >= 15 is 0 Å². The highest BCUT2D eigenvalue weighted by molar-refractivity contribution is 7.22. The number of carbonyl (C=O) groups excluding carboxylic acids is 1. The van der Waals surface area contributed by atoms with Crippen molar-refractivity contribution in [3.8, 4) is 0 Å². The number of para-hydroxylation sites is 1. The van der Waals surface area contributed by atoms with Crippen molar-refractivity contribution in [1.82, 2.24) is 4.98 Å². The van der Waals surface area contributed by atoms with Gasteiger partial charge >= 0.3 is 0 Å². The van der Waals surface area contributed by atoms with Crippen LogP contribution in [0.4, 0.5) is 5.13 Å². The number of benzene rings is 2. The van der Waals surface area contributed by atoms with Gasteiger partial charge in [-0.1, -0.05) is 47.7 Å². The molecule has 0 unspecified atom stereocenters. The van der Waals surface area contributed by atoms with Gasteiger partial charge in [-0.3, -0.25) is 4.79 Å². The van der Waals surface area contributed by atoms with Crippen LogP contribution in [0.2, 0.25) is 0 Å². The fraction of sp³-hybridized carbons (Fsp3) is 0.222. The van der Waals surface area contributed by atoms with Gasteiger partial charge < -0.3 is 5.32 Å². The van der Waals surface area contributed by atoms with E-state index in [0.29, 0.717) is 5.13 Å². The summed E-state index contributed by atoms with van der Waals surface area (Å²) in [6, 6.07) is 16.2. The molecule has 0 spiro atoms. The number of nitrogens with one attached hydrogen (secondary N) is 1. The lowest BCUT2D eigenvalue weighted by Crippen LogP contribution is -2.24. The second-order valence-electron chi connectivity index (χ2n) is 5.62. The maximum atomic E-state index is 12.7. The summed E-state index contributed by atoms with van der Waals surface area (Å²) in [6.07, 6.45) is 3.05. The summed E-state index contributed by atoms with van der Waals surface area (Å²) in [4.78, 5) is 17.2. The molecule has 3 aromatic rings. The number of anilines is 1. The molecule has 22 heavy (non-hydrogen) atoms. The summed E-state index contributed by atoms with van der Waals surface area (Å²) in [5, 5.41) is 3.70. The molecule has 1 aliphatic carbocycles. The highest BCUT2D eigenvalue weighted by atomic mass is 32.1. The number of amides is 1. The molecule has 1 aliphatic rings. The van der Waals surface area contributed by atoms with Crippen LogP contribution in [0.15, 0.2) is 48.5 Å². The van der Waals surface area contributed by atoms with E-state index in [1.54, 1.807) is 0 Å². The first-order valence-electron chi connectivity index (χ1n) is 7.55. The van der Waals surface area contributed by atoms with Gasteiger partial charge in [0.1, 0.15) is 0 Å². The number of fused-ring (bicyclic) bond motifs is 2. The van der Waals surface area contributed by atoms with Crippen molar-refractivity contribution in [2.45, 2.75) is 25.2 Å². The lowest BCUT2D eigenvalue weighted by molar-refractivity contribution is -0.117. The summed E-state index contributed by atoms with van der Waals surface area (Å²) in [5.41, 5.74) is 3.41. The first-order valence-corrected chi connectivity index (χ1v) is 8.37. The van der Waals surface area contributed by atoms with Gasteiger partial charge in [0.05, 0.1) is 16.1 Å². The molecule has 1 aromatic heterocycles. The van der Waals surface area contributed by atoms with Crippen LogP contribution in [0.25, 0.3) is 10.2 Å². The van der Waals surface area contributed by atoms with Gasteiger partial charge in [0.2, 0.25) is 5.91 Å². The minimum Gasteiger partial charge on any atom is -0.301 e. The molecule has 2 aromatic carbocycles. The molecular weight excluding hydrogens is 292 g/mol. The first kappa shape index (κ1) is 13.5. The molecule has 4 heteroatoms. The Morgan fingerprint density at radius 3 is 2.86 bits per heavy atom. The molecule has 0 saturated carbocycles. The standard InChI is InChI=1S/C18H16N2OS/c21-17(14-9-5-7-12-6-1-2-8-13(12)14)20-18-19-15-10-3-4-11-16(15)22-18/h1-4,6,8,10-11,14H,5,7,9H2,(H,19,20,21)/t14-/m0/s1. The third kappa shape index (κ3) is 2.40. The maximum absolute atomic E-state index is 12.7. The van der Waals surface area contributed by atoms with Crippen molar-refractivity contribution >= 4 is 32.6 Å². The zero-order chi connectivity index (χ0) is 14.9. The summed E-state index contributed by atoms with van der Waals surface area (Å²) >= 11 is 1.53. The summed E-state index contributed by atoms with van der Waals surface area (Å²) in [7, 11) is 0. The van der Waals surface area contributed by atoms with Crippen LogP contribution in [0.1, 0.15) is 29.9 Å². The van der Waals surface area contributed by atoms with E-state index in [9.17, 15) is 4.79 Å². The van der Waals surface area contributed by atoms with Gasteiger partial charge in [-0.2, -0.15) is 0 Å². The Balaban J connectivity index is 1.60. The van der Waals surface area contributed by atoms with Crippen LogP contribution in [0.3, 0.4) is 0 Å². The molecule has 0 fully saturated rings. The summed E-state index contributed by atoms with van der Waals surface area (Å²) in [5.74, 6) is 0.00293. The predicted molar refractivity (Wildman–Crippen MR) is 90.4 cm³/mol. The zero-order valence-corrected chi connectivity index (χ0v) is 12.9. The molecule has 1 N–H and O–H groups in total. The highest BCUT2D eigenvalue weighted by Crippen LogP contribution is 2.33. The molecule has 1 amide bonds. The van der Waals surface area contributed by atoms with Gasteiger partial charge in [-0.15, -0.1) is 0 Å². The van der Waals surface area contributed by atoms with Crippen molar-refractivity contribution in [3.05, 3.63) is 59.7 Å². The molecule has 0 radical (unpaired) electrons. The molecule has 3 nitrogen and oxygen atoms in total. The molecule has 0 aliphatic heterocycles. The van der Waals surface area contributed by atoms with Crippen molar-refractivity contribution in [1.29, 1.82) is 0 Å². The molecule has 0 saturated heterocycles. The number of aryl methyl sites for hydroxylation is 1. The second kappa shape index (κ2) is 5.54. The van der Waals surface area contributed by atoms with Crippen molar-refractivity contribution in [2.75, 3.05) is 5.32 Å². The number of thiazole rings is 1. The van der Waals surface area contributed by atoms with E-state index in [0.717, 1.165) is 29.5 Å². The highest BCUT2D eigenvalue weighted by Gasteiger charge is 2.26. The van der Waals surface area contributed by atoms with Crippen molar-refractivity contribution in [3.63, 3.8) is 0 Å². The van der Waals surface area contributed by atoms with Crippen LogP contribution in [0.5, 0.6) is 0 Å². The van der Waals surface area contributed by atoms with Crippen LogP contribution in [-0.2, 0) is 11.2 Å². The minimum absolute atomic E-state index is 0.0584. The van der Waals surface area contributed by atoms with E-state index in [1.807, 2.05) is 36.4 Å². The number of aromatic nitrogens is 1. The zero-order valence-electron chi connectivity index (χ0n) is 12.1. The Bertz CT molecular complexity index is 807. The van der Waals surface area contributed by atoms with E-state index in [-0.39, 0.29) is 11.8 Å². The molecular formula is C18H16N2OS. The van der Waals surface area contributed by atoms with Gasteiger partial charge in [-0.05, 0) is 42.5 Å². The largest absolute Gasteiger partial charge is 0.301 e. The Hall–Kier alpha value is -2.20. The molecule has 1 atom stereocenters. The van der Waals surface area contributed by atoms with E-state index < -0.39 is 0 Å². The average Bonchev–Trinajstić information content (AvgIpc) is 2.96. The van der Waals surface area contributed by atoms with Crippen molar-refractivity contribution in [2.24, 2.45) is 0 Å². The molecule has 110 valence electrons. The fourth-order valence-corrected chi connectivity index (χ4v) is 4.01. The van der Waals surface area contributed by atoms with Gasteiger partial charge in [-0.25, -0.2) is 4.98 Å². The Labute approximate surface area is 133 Å². The van der Waals surface area contributed by atoms with E-state index in [2.05, 4.69) is 22.4 Å². The lowest BCUT2D eigenvalue weighted by Gasteiger charge is -2.24. The maximum Gasteiger partial charge on any atom is 0.233 e. The Morgan fingerprint density at radius 1 is 1.14 bits per heavy atom. The first-order chi connectivity index (χ1) is 10.8. The van der Waals surface area contributed by atoms with Crippen LogP contribution in [0, 0.1) is 0 Å². The number of hydrogen-bond donors (Lipinski definition) is 1. The topological polar surface area (TPSA) is 42.0 Å². The number of carbonyl (C=O) groups is 1. The van der Waals surface area contributed by atoms with Crippen molar-refractivity contribution < 1.29 is 4.79 Å². The van der Waals surface area contributed by atoms with E-state index in [4.69, 9.17) is 0 Å². The third-order valence-electron chi connectivity index (χ3n) is 4.21. The molecule has 0 bridgehead atoms. The number of nitrogens with zero attached hydrogens (tertiary/aromatic N) is 1. The lowest BCUT2D eigenvalue weighted by atomic mass is 9.82.